The van der Waals surface area contributed by atoms with Crippen LogP contribution in [0.25, 0.3) is 0 Å². The zero-order valence-corrected chi connectivity index (χ0v) is 12.2. The Bertz CT molecular complexity index is 385. The molecule has 2 atom stereocenters. The average molecular weight is 262 g/mol. The van der Waals surface area contributed by atoms with Crippen LogP contribution in [0.15, 0.2) is 24.3 Å². The lowest BCUT2D eigenvalue weighted by atomic mass is 9.86. The maximum Gasteiger partial charge on any atom is 0.119 e. The van der Waals surface area contributed by atoms with Crippen LogP contribution in [-0.4, -0.2) is 11.7 Å². The second kappa shape index (κ2) is 6.42. The zero-order valence-electron chi connectivity index (χ0n) is 12.2. The van der Waals surface area contributed by atoms with Gasteiger partial charge in [-0.15, -0.1) is 0 Å². The van der Waals surface area contributed by atoms with Crippen molar-refractivity contribution < 1.29 is 9.84 Å². The van der Waals surface area contributed by atoms with Crippen LogP contribution in [0.2, 0.25) is 0 Å². The maximum atomic E-state index is 10.9. The molecule has 1 aromatic carbocycles. The van der Waals surface area contributed by atoms with Gasteiger partial charge in [-0.2, -0.15) is 0 Å². The van der Waals surface area contributed by atoms with Crippen molar-refractivity contribution >= 4 is 0 Å². The van der Waals surface area contributed by atoms with Gasteiger partial charge in [0.1, 0.15) is 5.75 Å². The molecule has 0 heterocycles. The first-order valence-corrected chi connectivity index (χ1v) is 7.63. The molecule has 19 heavy (non-hydrogen) atoms. The Morgan fingerprint density at radius 1 is 1.16 bits per heavy atom. The summed E-state index contributed by atoms with van der Waals surface area (Å²) >= 11 is 0. The molecular formula is C17H26O2. The van der Waals surface area contributed by atoms with Crippen molar-refractivity contribution in [1.82, 2.24) is 0 Å². The molecule has 2 unspecified atom stereocenters. The predicted molar refractivity (Wildman–Crippen MR) is 78.4 cm³/mol. The second-order valence-electron chi connectivity index (χ2n) is 5.69. The summed E-state index contributed by atoms with van der Waals surface area (Å²) in [5.74, 6) is 1.67. The van der Waals surface area contributed by atoms with Crippen molar-refractivity contribution in [3.05, 3.63) is 29.8 Å². The van der Waals surface area contributed by atoms with E-state index in [4.69, 9.17) is 4.74 Å². The molecule has 1 saturated carbocycles. The van der Waals surface area contributed by atoms with Crippen molar-refractivity contribution in [3.8, 4) is 5.75 Å². The van der Waals surface area contributed by atoms with E-state index in [-0.39, 0.29) is 0 Å². The van der Waals surface area contributed by atoms with E-state index < -0.39 is 5.60 Å². The van der Waals surface area contributed by atoms with Gasteiger partial charge >= 0.3 is 0 Å². The van der Waals surface area contributed by atoms with E-state index in [1.165, 1.54) is 12.8 Å². The van der Waals surface area contributed by atoms with E-state index in [0.717, 1.165) is 42.9 Å². The minimum Gasteiger partial charge on any atom is -0.494 e. The summed E-state index contributed by atoms with van der Waals surface area (Å²) in [6.07, 6.45) is 6.54. The molecule has 0 aromatic heterocycles. The van der Waals surface area contributed by atoms with E-state index in [0.29, 0.717) is 6.61 Å². The average Bonchev–Trinajstić information content (AvgIpc) is 2.63. The van der Waals surface area contributed by atoms with E-state index in [1.54, 1.807) is 0 Å². The van der Waals surface area contributed by atoms with Gasteiger partial charge in [-0.3, -0.25) is 0 Å². The maximum absolute atomic E-state index is 10.9. The molecule has 0 bridgehead atoms. The van der Waals surface area contributed by atoms with Crippen LogP contribution in [0.3, 0.4) is 0 Å². The van der Waals surface area contributed by atoms with Gasteiger partial charge in [0, 0.05) is 0 Å². The molecule has 2 heteroatoms. The van der Waals surface area contributed by atoms with Crippen LogP contribution in [-0.2, 0) is 5.60 Å². The topological polar surface area (TPSA) is 29.5 Å². The molecule has 1 aliphatic carbocycles. The van der Waals surface area contributed by atoms with Gasteiger partial charge in [0.05, 0.1) is 12.2 Å². The molecule has 1 N–H and O–H groups in total. The highest BCUT2D eigenvalue weighted by molar-refractivity contribution is 5.31. The third-order valence-corrected chi connectivity index (χ3v) is 4.45. The number of aliphatic hydroxyl groups is 1. The summed E-state index contributed by atoms with van der Waals surface area (Å²) in [5, 5.41) is 10.9. The molecule has 1 fully saturated rings. The Balaban J connectivity index is 2.10. The van der Waals surface area contributed by atoms with Crippen molar-refractivity contribution in [2.75, 3.05) is 6.61 Å². The lowest BCUT2D eigenvalue weighted by Crippen LogP contribution is -2.24. The van der Waals surface area contributed by atoms with Gasteiger partial charge in [-0.1, -0.05) is 31.9 Å². The summed E-state index contributed by atoms with van der Waals surface area (Å²) < 4.78 is 5.46. The van der Waals surface area contributed by atoms with Gasteiger partial charge in [0.2, 0.25) is 0 Å². The van der Waals surface area contributed by atoms with Crippen molar-refractivity contribution in [2.24, 2.45) is 5.92 Å². The van der Waals surface area contributed by atoms with Crippen LogP contribution in [0.4, 0.5) is 0 Å². The first-order chi connectivity index (χ1) is 9.18. The molecular weight excluding hydrogens is 236 g/mol. The number of benzene rings is 1. The Kier molecular flexibility index (Phi) is 4.87. The van der Waals surface area contributed by atoms with Crippen LogP contribution in [0.5, 0.6) is 5.75 Å². The van der Waals surface area contributed by atoms with Gasteiger partial charge in [-0.25, -0.2) is 0 Å². The molecule has 1 aromatic rings. The fourth-order valence-electron chi connectivity index (χ4n) is 3.12. The molecule has 0 radical (unpaired) electrons. The second-order valence-corrected chi connectivity index (χ2v) is 5.69. The number of ether oxygens (including phenoxy) is 1. The summed E-state index contributed by atoms with van der Waals surface area (Å²) in [6.45, 7) is 4.92. The fraction of sp³-hybridized carbons (Fsp3) is 0.647. The van der Waals surface area contributed by atoms with Crippen LogP contribution >= 0.6 is 0 Å². The lowest BCUT2D eigenvalue weighted by molar-refractivity contribution is 0.0196. The van der Waals surface area contributed by atoms with Crippen molar-refractivity contribution in [3.63, 3.8) is 0 Å². The van der Waals surface area contributed by atoms with E-state index in [1.807, 2.05) is 31.2 Å². The lowest BCUT2D eigenvalue weighted by Gasteiger charge is -2.27. The van der Waals surface area contributed by atoms with Crippen LogP contribution in [0.1, 0.15) is 57.9 Å². The smallest absolute Gasteiger partial charge is 0.119 e. The molecule has 1 aliphatic rings. The monoisotopic (exact) mass is 262 g/mol. The molecule has 0 saturated heterocycles. The first kappa shape index (κ1) is 14.4. The number of hydrogen-bond acceptors (Lipinski definition) is 2. The van der Waals surface area contributed by atoms with Gasteiger partial charge in [0.15, 0.2) is 0 Å². The summed E-state index contributed by atoms with van der Waals surface area (Å²) in [6, 6.07) is 7.99. The quantitative estimate of drug-likeness (QED) is 0.821. The minimum absolute atomic E-state index is 0.630. The number of hydrogen-bond donors (Lipinski definition) is 1. The Hall–Kier alpha value is -1.02. The zero-order chi connectivity index (χ0) is 13.7. The third-order valence-electron chi connectivity index (χ3n) is 4.45. The summed E-state index contributed by atoms with van der Waals surface area (Å²) in [5.41, 5.74) is 0.419. The highest BCUT2D eigenvalue weighted by Gasteiger charge is 2.32. The van der Waals surface area contributed by atoms with Crippen LogP contribution in [0, 0.1) is 5.92 Å². The third kappa shape index (κ3) is 3.50. The summed E-state index contributed by atoms with van der Waals surface area (Å²) in [4.78, 5) is 0. The van der Waals surface area contributed by atoms with Gasteiger partial charge in [-0.05, 0) is 56.2 Å². The van der Waals surface area contributed by atoms with E-state index in [2.05, 4.69) is 6.92 Å². The molecule has 0 spiro atoms. The van der Waals surface area contributed by atoms with Crippen molar-refractivity contribution in [2.45, 2.75) is 58.0 Å². The normalized spacial score (nSPS) is 27.8. The molecule has 2 nitrogen and oxygen atoms in total. The first-order valence-electron chi connectivity index (χ1n) is 7.63. The SMILES string of the molecule is CCOc1ccc(C2(O)CCCC(CC)CC2)cc1. The van der Waals surface area contributed by atoms with Gasteiger partial charge in [0.25, 0.3) is 0 Å². The van der Waals surface area contributed by atoms with E-state index in [9.17, 15) is 5.11 Å². The van der Waals surface area contributed by atoms with Crippen molar-refractivity contribution in [1.29, 1.82) is 0 Å². The molecule has 106 valence electrons. The molecule has 0 amide bonds. The highest BCUT2D eigenvalue weighted by atomic mass is 16.5. The molecule has 2 rings (SSSR count). The Morgan fingerprint density at radius 2 is 1.89 bits per heavy atom. The van der Waals surface area contributed by atoms with E-state index >= 15 is 0 Å². The Morgan fingerprint density at radius 3 is 2.53 bits per heavy atom. The van der Waals surface area contributed by atoms with Crippen LogP contribution < -0.4 is 4.74 Å². The highest BCUT2D eigenvalue weighted by Crippen LogP contribution is 2.39. The summed E-state index contributed by atoms with van der Waals surface area (Å²) in [7, 11) is 0. The Labute approximate surface area is 116 Å². The minimum atomic E-state index is -0.630. The van der Waals surface area contributed by atoms with Gasteiger partial charge < -0.3 is 9.84 Å². The predicted octanol–water partition coefficient (Wildman–Crippen LogP) is 4.26. The largest absolute Gasteiger partial charge is 0.494 e. The number of rotatable bonds is 4. The molecule has 0 aliphatic heterocycles. The fourth-order valence-corrected chi connectivity index (χ4v) is 3.12. The standard InChI is InChI=1S/C17H26O2/c1-3-14-6-5-12-17(18,13-11-14)15-7-9-16(10-8-15)19-4-2/h7-10,14,18H,3-6,11-13H2,1-2H3.